The van der Waals surface area contributed by atoms with Gasteiger partial charge in [-0.25, -0.2) is 0 Å². The van der Waals surface area contributed by atoms with Gasteiger partial charge in [-0.3, -0.25) is 19.7 Å². The molecule has 2 heterocycles. The van der Waals surface area contributed by atoms with Crippen molar-refractivity contribution in [1.29, 1.82) is 0 Å². The van der Waals surface area contributed by atoms with E-state index < -0.39 is 0 Å². The van der Waals surface area contributed by atoms with Crippen molar-refractivity contribution in [3.05, 3.63) is 51.8 Å². The molecule has 27 heavy (non-hydrogen) atoms. The molecule has 0 radical (unpaired) electrons. The van der Waals surface area contributed by atoms with Crippen LogP contribution in [0.25, 0.3) is 0 Å². The maximum absolute atomic E-state index is 12.3. The molecule has 0 spiro atoms. The fourth-order valence-corrected chi connectivity index (χ4v) is 4.11. The van der Waals surface area contributed by atoms with Crippen LogP contribution in [0.1, 0.15) is 41.5 Å². The topological polar surface area (TPSA) is 64.3 Å². The quantitative estimate of drug-likeness (QED) is 0.704. The molecule has 0 bridgehead atoms. The first-order valence-corrected chi connectivity index (χ1v) is 10.3. The third kappa shape index (κ3) is 5.40. The lowest BCUT2D eigenvalue weighted by Gasteiger charge is -2.34. The normalized spacial score (nSPS) is 16.0. The van der Waals surface area contributed by atoms with Crippen LogP contribution in [0.15, 0.2) is 34.8 Å². The maximum atomic E-state index is 12.3. The molecule has 0 saturated carbocycles. The number of aromatic nitrogens is 2. The first kappa shape index (κ1) is 20.0. The lowest BCUT2D eigenvalue weighted by molar-refractivity contribution is 0.0928. The average molecular weight is 434 g/mol. The maximum Gasteiger partial charge on any atom is 0.273 e. The molecule has 1 aliphatic rings. The summed E-state index contributed by atoms with van der Waals surface area (Å²) in [5, 5.41) is 10.1. The summed E-state index contributed by atoms with van der Waals surface area (Å²) in [4.78, 5) is 17.2. The van der Waals surface area contributed by atoms with Crippen LogP contribution < -0.4 is 5.32 Å². The van der Waals surface area contributed by atoms with Gasteiger partial charge in [0.05, 0.1) is 10.2 Å². The summed E-state index contributed by atoms with van der Waals surface area (Å²) in [5.74, 6) is 0.161. The van der Waals surface area contributed by atoms with Crippen molar-refractivity contribution in [3.63, 3.8) is 0 Å². The molecule has 1 saturated heterocycles. The van der Waals surface area contributed by atoms with E-state index in [0.29, 0.717) is 18.2 Å². The number of piperazine rings is 1. The summed E-state index contributed by atoms with van der Waals surface area (Å²) in [6.45, 7) is 10.8. The largest absolute Gasteiger partial charge is 0.349 e. The van der Waals surface area contributed by atoms with Gasteiger partial charge in [0.25, 0.3) is 5.91 Å². The fraction of sp³-hybridized carbons (Fsp3) is 0.500. The van der Waals surface area contributed by atoms with Crippen LogP contribution in [-0.2, 0) is 6.54 Å². The Balaban J connectivity index is 1.38. The minimum Gasteiger partial charge on any atom is -0.349 e. The van der Waals surface area contributed by atoms with Crippen LogP contribution in [-0.4, -0.2) is 65.2 Å². The summed E-state index contributed by atoms with van der Waals surface area (Å²) < 4.78 is 0.768. The standard InChI is InChI=1S/C20H28BrN5O/c1-15(2)18-17(21)19(24-23-18)20(27)22-8-9-25-10-12-26(13-11-25)14-16-6-4-3-5-7-16/h3-7,15H,8-14H2,1-2H3,(H,22,27)(H,23,24). The van der Waals surface area contributed by atoms with Crippen molar-refractivity contribution in [2.45, 2.75) is 26.3 Å². The van der Waals surface area contributed by atoms with E-state index in [-0.39, 0.29) is 5.91 Å². The Morgan fingerprint density at radius 1 is 1.19 bits per heavy atom. The molecule has 0 atom stereocenters. The number of hydrogen-bond acceptors (Lipinski definition) is 4. The van der Waals surface area contributed by atoms with Gasteiger partial charge in [-0.05, 0) is 27.4 Å². The van der Waals surface area contributed by atoms with Crippen LogP contribution in [0.3, 0.4) is 0 Å². The zero-order valence-corrected chi connectivity index (χ0v) is 17.6. The molecular formula is C20H28BrN5O. The predicted octanol–water partition coefficient (Wildman–Crippen LogP) is 2.84. The van der Waals surface area contributed by atoms with Crippen molar-refractivity contribution in [3.8, 4) is 0 Å². The van der Waals surface area contributed by atoms with Crippen LogP contribution in [0, 0.1) is 0 Å². The van der Waals surface area contributed by atoms with Crippen LogP contribution in [0.5, 0.6) is 0 Å². The van der Waals surface area contributed by atoms with Crippen LogP contribution in [0.2, 0.25) is 0 Å². The Hall–Kier alpha value is -1.70. The first-order valence-electron chi connectivity index (χ1n) is 9.55. The van der Waals surface area contributed by atoms with Crippen LogP contribution in [0.4, 0.5) is 0 Å². The fourth-order valence-electron chi connectivity index (χ4n) is 3.30. The van der Waals surface area contributed by atoms with Gasteiger partial charge in [-0.2, -0.15) is 5.10 Å². The highest BCUT2D eigenvalue weighted by atomic mass is 79.9. The van der Waals surface area contributed by atoms with E-state index in [4.69, 9.17) is 0 Å². The number of nitrogens with one attached hydrogen (secondary N) is 2. The van der Waals surface area contributed by atoms with Crippen molar-refractivity contribution >= 4 is 21.8 Å². The third-order valence-corrected chi connectivity index (χ3v) is 5.76. The third-order valence-electron chi connectivity index (χ3n) is 4.95. The number of aromatic amines is 1. The minimum absolute atomic E-state index is 0.132. The molecule has 0 aliphatic carbocycles. The molecule has 7 heteroatoms. The lowest BCUT2D eigenvalue weighted by Crippen LogP contribution is -2.48. The van der Waals surface area contributed by atoms with Crippen molar-refractivity contribution in [2.75, 3.05) is 39.3 Å². The highest BCUT2D eigenvalue weighted by molar-refractivity contribution is 9.10. The Morgan fingerprint density at radius 3 is 2.48 bits per heavy atom. The Morgan fingerprint density at radius 2 is 1.85 bits per heavy atom. The summed E-state index contributed by atoms with van der Waals surface area (Å²) in [6.07, 6.45) is 0. The molecule has 2 N–H and O–H groups in total. The zero-order chi connectivity index (χ0) is 19.2. The van der Waals surface area contributed by atoms with Gasteiger partial charge in [-0.15, -0.1) is 0 Å². The van der Waals surface area contributed by atoms with E-state index in [2.05, 4.69) is 85.4 Å². The van der Waals surface area contributed by atoms with Gasteiger partial charge in [-0.1, -0.05) is 44.2 Å². The van der Waals surface area contributed by atoms with Gasteiger partial charge >= 0.3 is 0 Å². The molecule has 146 valence electrons. The van der Waals surface area contributed by atoms with E-state index in [1.54, 1.807) is 0 Å². The van der Waals surface area contributed by atoms with Gasteiger partial charge in [0, 0.05) is 45.8 Å². The summed E-state index contributed by atoms with van der Waals surface area (Å²) in [6, 6.07) is 10.6. The number of carbonyl (C=O) groups excluding carboxylic acids is 1. The van der Waals surface area contributed by atoms with Gasteiger partial charge in [0.2, 0.25) is 0 Å². The first-order chi connectivity index (χ1) is 13.0. The molecule has 0 unspecified atom stereocenters. The second-order valence-electron chi connectivity index (χ2n) is 7.31. The van der Waals surface area contributed by atoms with Crippen molar-refractivity contribution in [2.24, 2.45) is 0 Å². The van der Waals surface area contributed by atoms with E-state index in [1.807, 2.05) is 0 Å². The molecule has 1 fully saturated rings. The van der Waals surface area contributed by atoms with Crippen molar-refractivity contribution in [1.82, 2.24) is 25.3 Å². The molecule has 6 nitrogen and oxygen atoms in total. The number of rotatable bonds is 7. The van der Waals surface area contributed by atoms with Crippen LogP contribution >= 0.6 is 15.9 Å². The summed E-state index contributed by atoms with van der Waals surface area (Å²) in [7, 11) is 0. The number of benzene rings is 1. The average Bonchev–Trinajstić information content (AvgIpc) is 3.06. The molecular weight excluding hydrogens is 406 g/mol. The highest BCUT2D eigenvalue weighted by Crippen LogP contribution is 2.25. The number of H-pyrrole nitrogens is 1. The highest BCUT2D eigenvalue weighted by Gasteiger charge is 2.20. The Labute approximate surface area is 169 Å². The van der Waals surface area contributed by atoms with E-state index in [1.165, 1.54) is 5.56 Å². The smallest absolute Gasteiger partial charge is 0.273 e. The SMILES string of the molecule is CC(C)c1[nH]nc(C(=O)NCCN2CCN(Cc3ccccc3)CC2)c1Br. The Bertz CT molecular complexity index is 738. The monoisotopic (exact) mass is 433 g/mol. The molecule has 1 aromatic heterocycles. The second-order valence-corrected chi connectivity index (χ2v) is 8.11. The molecule has 1 aromatic carbocycles. The van der Waals surface area contributed by atoms with Gasteiger partial charge < -0.3 is 5.32 Å². The molecule has 1 amide bonds. The lowest BCUT2D eigenvalue weighted by atomic mass is 10.1. The van der Waals surface area contributed by atoms with E-state index in [0.717, 1.165) is 49.4 Å². The predicted molar refractivity (Wildman–Crippen MR) is 111 cm³/mol. The van der Waals surface area contributed by atoms with E-state index in [9.17, 15) is 4.79 Å². The number of amides is 1. The second kappa shape index (κ2) is 9.48. The minimum atomic E-state index is -0.132. The summed E-state index contributed by atoms with van der Waals surface area (Å²) >= 11 is 3.48. The molecule has 1 aliphatic heterocycles. The number of nitrogens with zero attached hydrogens (tertiary/aromatic N) is 3. The van der Waals surface area contributed by atoms with Crippen molar-refractivity contribution < 1.29 is 4.79 Å². The Kier molecular flexibility index (Phi) is 7.04. The number of carbonyl (C=O) groups is 1. The zero-order valence-electron chi connectivity index (χ0n) is 16.0. The van der Waals surface area contributed by atoms with Gasteiger partial charge in [0.1, 0.15) is 0 Å². The molecule has 2 aromatic rings. The van der Waals surface area contributed by atoms with Gasteiger partial charge in [0.15, 0.2) is 5.69 Å². The number of hydrogen-bond donors (Lipinski definition) is 2. The van der Waals surface area contributed by atoms with E-state index >= 15 is 0 Å². The molecule has 3 rings (SSSR count). The summed E-state index contributed by atoms with van der Waals surface area (Å²) in [5.41, 5.74) is 2.75. The number of halogens is 1.